The molecule has 65 heavy (non-hydrogen) atoms. The number of hydrogen-bond donors (Lipinski definition) is 2. The van der Waals surface area contributed by atoms with Gasteiger partial charge in [-0.05, 0) is 110 Å². The van der Waals surface area contributed by atoms with Crippen molar-refractivity contribution in [3.63, 3.8) is 0 Å². The van der Waals surface area contributed by atoms with E-state index < -0.39 is 0 Å². The summed E-state index contributed by atoms with van der Waals surface area (Å²) in [7, 11) is 1.79. The zero-order valence-electron chi connectivity index (χ0n) is 37.4. The summed E-state index contributed by atoms with van der Waals surface area (Å²) < 4.78 is 19.5. The molecule has 0 saturated carbocycles. The van der Waals surface area contributed by atoms with Crippen molar-refractivity contribution < 1.29 is 33.7 Å². The molecule has 0 bridgehead atoms. The van der Waals surface area contributed by atoms with Gasteiger partial charge in [0.25, 0.3) is 0 Å². The van der Waals surface area contributed by atoms with Crippen LogP contribution in [0.25, 0.3) is 0 Å². The summed E-state index contributed by atoms with van der Waals surface area (Å²) in [5, 5.41) is 12.8. The number of nitrogens with zero attached hydrogens (tertiary/aromatic N) is 3. The summed E-state index contributed by atoms with van der Waals surface area (Å²) in [6, 6.07) is 27.9. The number of hydrogen-bond acceptors (Lipinski definition) is 10. The lowest BCUT2D eigenvalue weighted by molar-refractivity contribution is -0.135. The van der Waals surface area contributed by atoms with E-state index in [0.717, 1.165) is 113 Å². The van der Waals surface area contributed by atoms with Gasteiger partial charge in [-0.2, -0.15) is 0 Å². The quantitative estimate of drug-likeness (QED) is 0.136. The second-order valence-corrected chi connectivity index (χ2v) is 19.7. The zero-order valence-corrected chi connectivity index (χ0v) is 37.4. The third-order valence-electron chi connectivity index (χ3n) is 15.9. The number of nitrogens with one attached hydrogen (secondary N) is 1. The Bertz CT molecular complexity index is 2520. The van der Waals surface area contributed by atoms with Crippen molar-refractivity contribution in [3.8, 4) is 17.2 Å². The minimum absolute atomic E-state index is 0.0730. The summed E-state index contributed by atoms with van der Waals surface area (Å²) in [5.41, 5.74) is 8.98. The molecular formula is C54H60N4O7. The number of allylic oxidation sites excluding steroid dienone is 1. The number of Topliss-reactive ketones (excluding diaryl/α,β-unsaturated/α-hetero) is 1. The maximum atomic E-state index is 13.7. The number of imide groups is 1. The molecule has 2 amide bonds. The van der Waals surface area contributed by atoms with Crippen molar-refractivity contribution >= 4 is 29.0 Å². The average Bonchev–Trinajstić information content (AvgIpc) is 3.72. The number of rotatable bonds is 8. The summed E-state index contributed by atoms with van der Waals surface area (Å²) in [6.07, 6.45) is 11.0. The summed E-state index contributed by atoms with van der Waals surface area (Å²) in [6.45, 7) is 7.17. The van der Waals surface area contributed by atoms with Gasteiger partial charge in [0.15, 0.2) is 5.78 Å². The second kappa shape index (κ2) is 17.3. The van der Waals surface area contributed by atoms with Crippen LogP contribution in [0.15, 0.2) is 91.0 Å². The third-order valence-corrected chi connectivity index (χ3v) is 15.9. The smallest absolute Gasteiger partial charge is 0.233 e. The van der Waals surface area contributed by atoms with Crippen molar-refractivity contribution in [3.05, 3.63) is 124 Å². The predicted molar refractivity (Wildman–Crippen MR) is 249 cm³/mol. The molecule has 11 rings (SSSR count). The minimum atomic E-state index is -0.370. The van der Waals surface area contributed by atoms with E-state index >= 15 is 0 Å². The minimum Gasteiger partial charge on any atom is -0.508 e. The molecule has 5 heterocycles. The van der Waals surface area contributed by atoms with E-state index in [4.69, 9.17) is 14.2 Å². The first-order valence-corrected chi connectivity index (χ1v) is 24.0. The molecule has 11 heteroatoms. The van der Waals surface area contributed by atoms with E-state index in [1.165, 1.54) is 27.9 Å². The number of piperidine rings is 2. The van der Waals surface area contributed by atoms with Gasteiger partial charge in [-0.15, -0.1) is 0 Å². The molecule has 4 aromatic carbocycles. The van der Waals surface area contributed by atoms with Gasteiger partial charge in [0.1, 0.15) is 23.9 Å². The van der Waals surface area contributed by atoms with Crippen molar-refractivity contribution in [1.82, 2.24) is 10.2 Å². The topological polar surface area (TPSA) is 121 Å². The fourth-order valence-corrected chi connectivity index (χ4v) is 12.5. The van der Waals surface area contributed by atoms with Crippen molar-refractivity contribution in [2.75, 3.05) is 69.4 Å². The van der Waals surface area contributed by atoms with Crippen LogP contribution in [-0.4, -0.2) is 98.8 Å². The number of phenolic OH excluding ortho intramolecular Hbond substituents is 1. The number of amides is 2. The van der Waals surface area contributed by atoms with Crippen LogP contribution in [0.2, 0.25) is 0 Å². The Morgan fingerprint density at radius 1 is 0.846 bits per heavy atom. The van der Waals surface area contributed by atoms with Crippen LogP contribution in [0.5, 0.6) is 17.2 Å². The molecule has 2 N–H and O–H groups in total. The Labute approximate surface area is 381 Å². The molecule has 1 unspecified atom stereocenters. The summed E-state index contributed by atoms with van der Waals surface area (Å²) in [4.78, 5) is 45.1. The van der Waals surface area contributed by atoms with E-state index in [2.05, 4.69) is 80.7 Å². The zero-order chi connectivity index (χ0) is 44.2. The molecule has 338 valence electrons. The predicted octanol–water partition coefficient (Wildman–Crippen LogP) is 7.58. The van der Waals surface area contributed by atoms with Gasteiger partial charge in [0, 0.05) is 86.0 Å². The number of anilines is 2. The number of piperazine rings is 1. The van der Waals surface area contributed by atoms with Crippen LogP contribution in [-0.2, 0) is 27.2 Å². The first-order valence-electron chi connectivity index (χ1n) is 24.0. The molecule has 4 fully saturated rings. The Balaban J connectivity index is 0.701. The number of ketones is 1. The van der Waals surface area contributed by atoms with Crippen molar-refractivity contribution in [1.29, 1.82) is 0 Å². The van der Waals surface area contributed by atoms with E-state index in [1.807, 2.05) is 30.4 Å². The van der Waals surface area contributed by atoms with Crippen LogP contribution in [0, 0.1) is 17.8 Å². The van der Waals surface area contributed by atoms with Crippen LogP contribution in [0.4, 0.5) is 11.4 Å². The van der Waals surface area contributed by atoms with Gasteiger partial charge in [-0.3, -0.25) is 24.6 Å². The van der Waals surface area contributed by atoms with Gasteiger partial charge >= 0.3 is 0 Å². The van der Waals surface area contributed by atoms with Gasteiger partial charge in [0.2, 0.25) is 11.8 Å². The molecule has 4 saturated heterocycles. The Morgan fingerprint density at radius 3 is 2.49 bits per heavy atom. The number of ether oxygens (including phenoxy) is 3. The van der Waals surface area contributed by atoms with E-state index in [0.29, 0.717) is 43.5 Å². The monoisotopic (exact) mass is 876 g/mol. The Morgan fingerprint density at radius 2 is 1.66 bits per heavy atom. The number of aryl methyl sites for hydroxylation is 1. The van der Waals surface area contributed by atoms with Crippen molar-refractivity contribution in [2.24, 2.45) is 17.8 Å². The number of carbonyl (C=O) groups is 3. The lowest BCUT2D eigenvalue weighted by atomic mass is 9.69. The van der Waals surface area contributed by atoms with Gasteiger partial charge in [-0.1, -0.05) is 54.6 Å². The van der Waals surface area contributed by atoms with Crippen LogP contribution >= 0.6 is 0 Å². The van der Waals surface area contributed by atoms with Crippen LogP contribution < -0.4 is 24.6 Å². The van der Waals surface area contributed by atoms with Crippen LogP contribution in [0.3, 0.4) is 0 Å². The first-order chi connectivity index (χ1) is 31.7. The second-order valence-electron chi connectivity index (χ2n) is 19.7. The van der Waals surface area contributed by atoms with Crippen LogP contribution in [0.1, 0.15) is 95.0 Å². The number of fused-ring (bicyclic) bond motifs is 6. The first kappa shape index (κ1) is 42.0. The van der Waals surface area contributed by atoms with Crippen molar-refractivity contribution in [2.45, 2.75) is 81.3 Å². The molecule has 5 aliphatic heterocycles. The maximum absolute atomic E-state index is 13.7. The SMILES string of the molecule is COc1cc(N2CCC3(CC2)C[C@H](CN2CCN4c5ccc6c(c5OC[C@H]4C2)CCC(/C=C/[C@H]2CCC(=O)NC2=O)C6=O)CO3)ccc1[C@@H]1c2ccc(O)cc2CC[C@@H]1c1ccccc1. The highest BCUT2D eigenvalue weighted by Gasteiger charge is 2.45. The largest absolute Gasteiger partial charge is 0.508 e. The molecule has 2 aliphatic carbocycles. The number of methoxy groups -OCH3 is 1. The summed E-state index contributed by atoms with van der Waals surface area (Å²) in [5.74, 6) is 1.96. The number of benzene rings is 4. The summed E-state index contributed by atoms with van der Waals surface area (Å²) >= 11 is 0. The van der Waals surface area contributed by atoms with Gasteiger partial charge in [-0.25, -0.2) is 0 Å². The molecular weight excluding hydrogens is 817 g/mol. The standard InChI is InChI=1S/C54H60N4O7/c1-63-48-28-39(12-16-46(48)50-42(35-5-3-2-4-6-35)14-10-38-27-41(59)13-17-43(38)50)57-23-21-54(22-24-57)29-34(32-65-54)30-56-25-26-58-40(31-56)33-64-52-45-15-9-36(51(61)44(45)18-19-47(52)58)7-8-37-11-20-49(60)55-53(37)62/h2-8,12-13,16-19,27-28,34,36-37,40,42,50,59H,9-11,14-15,20-26,29-33H2,1H3,(H,55,60,62)/b8-7+/t34-,36?,37+,40-,42-,50+/m1/s1. The normalized spacial score (nSPS) is 27.4. The Kier molecular flexibility index (Phi) is 11.2. The van der Waals surface area contributed by atoms with E-state index in [9.17, 15) is 19.5 Å². The number of phenols is 1. The molecule has 0 aromatic heterocycles. The fourth-order valence-electron chi connectivity index (χ4n) is 12.5. The molecule has 6 atom stereocenters. The van der Waals surface area contributed by atoms with Gasteiger partial charge < -0.3 is 29.1 Å². The molecule has 7 aliphatic rings. The third kappa shape index (κ3) is 7.98. The highest BCUT2D eigenvalue weighted by Crippen LogP contribution is 2.50. The Hall–Kier alpha value is -5.65. The average molecular weight is 877 g/mol. The number of aromatic hydroxyl groups is 1. The van der Waals surface area contributed by atoms with Gasteiger partial charge in [0.05, 0.1) is 37.0 Å². The van der Waals surface area contributed by atoms with E-state index in [1.54, 1.807) is 7.11 Å². The maximum Gasteiger partial charge on any atom is 0.233 e. The lowest BCUT2D eigenvalue weighted by Gasteiger charge is -2.47. The number of carbonyl (C=O) groups excluding carboxylic acids is 3. The van der Waals surface area contributed by atoms with E-state index in [-0.39, 0.29) is 47.0 Å². The molecule has 11 nitrogen and oxygen atoms in total. The highest BCUT2D eigenvalue weighted by atomic mass is 16.5. The molecule has 1 spiro atoms. The molecule has 0 radical (unpaired) electrons. The highest BCUT2D eigenvalue weighted by molar-refractivity contribution is 6.03. The fraction of sp³-hybridized carbons (Fsp3) is 0.463. The molecule has 4 aromatic rings. The lowest BCUT2D eigenvalue weighted by Crippen LogP contribution is -2.58.